The number of benzene rings is 2. The van der Waals surface area contributed by atoms with Crippen LogP contribution in [0.15, 0.2) is 42.0 Å². The Bertz CT molecular complexity index is 983. The third kappa shape index (κ3) is 5.39. The number of carbonyl (C=O) groups is 2. The van der Waals surface area contributed by atoms with E-state index in [1.165, 1.54) is 25.3 Å². The van der Waals surface area contributed by atoms with Crippen LogP contribution in [0.4, 0.5) is 5.69 Å². The highest BCUT2D eigenvalue weighted by Gasteiger charge is 2.15. The van der Waals surface area contributed by atoms with Crippen LogP contribution in [-0.2, 0) is 9.59 Å². The lowest BCUT2D eigenvalue weighted by atomic mass is 10.1. The summed E-state index contributed by atoms with van der Waals surface area (Å²) in [6, 6.07) is 11.3. The molecule has 2 aromatic carbocycles. The normalized spacial score (nSPS) is 10.7. The largest absolute Gasteiger partial charge is 0.493 e. The minimum atomic E-state index is -1.18. The fourth-order valence-corrected chi connectivity index (χ4v) is 2.62. The maximum absolute atomic E-state index is 12.4. The second-order valence-corrected chi connectivity index (χ2v) is 6.13. The molecule has 0 aliphatic heterocycles. The van der Waals surface area contributed by atoms with Crippen molar-refractivity contribution in [2.75, 3.05) is 19.0 Å². The highest BCUT2D eigenvalue weighted by molar-refractivity contribution is 6.34. The second-order valence-electron chi connectivity index (χ2n) is 5.32. The van der Waals surface area contributed by atoms with E-state index in [1.54, 1.807) is 24.3 Å². The smallest absolute Gasteiger partial charge is 0.341 e. The molecule has 0 radical (unpaired) electrons. The minimum absolute atomic E-state index is 0.0442. The van der Waals surface area contributed by atoms with E-state index in [-0.39, 0.29) is 22.1 Å². The van der Waals surface area contributed by atoms with Crippen molar-refractivity contribution in [3.63, 3.8) is 0 Å². The Morgan fingerprint density at radius 2 is 1.96 bits per heavy atom. The number of anilines is 1. The maximum atomic E-state index is 12.4. The van der Waals surface area contributed by atoms with Gasteiger partial charge >= 0.3 is 5.97 Å². The van der Waals surface area contributed by atoms with E-state index in [0.717, 1.165) is 0 Å². The van der Waals surface area contributed by atoms with Gasteiger partial charge in [-0.2, -0.15) is 5.26 Å². The highest BCUT2D eigenvalue weighted by atomic mass is 35.5. The summed E-state index contributed by atoms with van der Waals surface area (Å²) in [7, 11) is 1.35. The van der Waals surface area contributed by atoms with Crippen LogP contribution < -0.4 is 14.8 Å². The first-order chi connectivity index (χ1) is 13.3. The molecule has 7 nitrogen and oxygen atoms in total. The molecule has 0 aromatic heterocycles. The summed E-state index contributed by atoms with van der Waals surface area (Å²) in [4.78, 5) is 23.0. The lowest BCUT2D eigenvalue weighted by Gasteiger charge is -2.12. The summed E-state index contributed by atoms with van der Waals surface area (Å²) in [5, 5.41) is 21.0. The van der Waals surface area contributed by atoms with Gasteiger partial charge in [0.1, 0.15) is 11.6 Å². The number of nitriles is 1. The van der Waals surface area contributed by atoms with Gasteiger partial charge in [-0.05, 0) is 35.9 Å². The second kappa shape index (κ2) is 9.65. The summed E-state index contributed by atoms with van der Waals surface area (Å²) in [6.45, 7) is -0.602. The van der Waals surface area contributed by atoms with E-state index in [1.807, 2.05) is 6.07 Å². The number of hydrogen-bond donors (Lipinski definition) is 2. The number of para-hydroxylation sites is 1. The summed E-state index contributed by atoms with van der Waals surface area (Å²) < 4.78 is 10.3. The van der Waals surface area contributed by atoms with Crippen LogP contribution in [0.25, 0.3) is 6.08 Å². The number of nitrogens with zero attached hydrogens (tertiary/aromatic N) is 1. The molecular weight excluding hydrogens is 407 g/mol. The van der Waals surface area contributed by atoms with E-state index in [9.17, 15) is 14.9 Å². The average Bonchev–Trinajstić information content (AvgIpc) is 2.66. The molecule has 0 aliphatic rings. The summed E-state index contributed by atoms with van der Waals surface area (Å²) in [5.41, 5.74) is 0.552. The van der Waals surface area contributed by atoms with Gasteiger partial charge in [0.25, 0.3) is 5.91 Å². The van der Waals surface area contributed by atoms with Crippen LogP contribution in [0.2, 0.25) is 10.0 Å². The number of methoxy groups -OCH3 is 1. The Morgan fingerprint density at radius 1 is 1.25 bits per heavy atom. The number of ether oxygens (including phenoxy) is 2. The number of carboxylic acids is 1. The Labute approximate surface area is 170 Å². The van der Waals surface area contributed by atoms with Crippen LogP contribution in [0.5, 0.6) is 11.5 Å². The van der Waals surface area contributed by atoms with Crippen molar-refractivity contribution in [1.29, 1.82) is 5.26 Å². The fraction of sp³-hybridized carbons (Fsp3) is 0.105. The van der Waals surface area contributed by atoms with Crippen molar-refractivity contribution in [3.05, 3.63) is 57.6 Å². The topological polar surface area (TPSA) is 109 Å². The van der Waals surface area contributed by atoms with E-state index < -0.39 is 18.5 Å². The zero-order chi connectivity index (χ0) is 20.7. The van der Waals surface area contributed by atoms with Gasteiger partial charge in [0, 0.05) is 0 Å². The molecule has 0 heterocycles. The van der Waals surface area contributed by atoms with Gasteiger partial charge in [-0.1, -0.05) is 35.3 Å². The third-order valence-corrected chi connectivity index (χ3v) is 4.00. The lowest BCUT2D eigenvalue weighted by Crippen LogP contribution is -2.13. The van der Waals surface area contributed by atoms with E-state index in [4.69, 9.17) is 37.8 Å². The lowest BCUT2D eigenvalue weighted by molar-refractivity contribution is -0.139. The number of nitrogens with one attached hydrogen (secondary N) is 1. The standard InChI is InChI=1S/C19H14Cl2N2O5/c1-27-16-8-11(7-14(21)18(16)28-10-17(24)25)6-12(9-22)19(26)23-15-5-3-2-4-13(15)20/h2-8H,10H2,1H3,(H,23,26)(H,24,25)/b12-6+. The van der Waals surface area contributed by atoms with Crippen molar-refractivity contribution < 1.29 is 24.2 Å². The zero-order valence-corrected chi connectivity index (χ0v) is 16.0. The molecule has 2 N–H and O–H groups in total. The van der Waals surface area contributed by atoms with Crippen molar-refractivity contribution in [3.8, 4) is 17.6 Å². The molecule has 1 amide bonds. The first-order valence-electron chi connectivity index (χ1n) is 7.75. The van der Waals surface area contributed by atoms with Gasteiger partial charge < -0.3 is 19.9 Å². The first kappa shape index (κ1) is 21.1. The summed E-state index contributed by atoms with van der Waals surface area (Å²) >= 11 is 12.1. The van der Waals surface area contributed by atoms with E-state index >= 15 is 0 Å². The molecule has 0 atom stereocenters. The quantitative estimate of drug-likeness (QED) is 0.517. The molecule has 144 valence electrons. The minimum Gasteiger partial charge on any atom is -0.493 e. The molecule has 0 aliphatic carbocycles. The molecule has 0 saturated carbocycles. The number of rotatable bonds is 7. The zero-order valence-electron chi connectivity index (χ0n) is 14.5. The predicted molar refractivity (Wildman–Crippen MR) is 105 cm³/mol. The summed E-state index contributed by atoms with van der Waals surface area (Å²) in [6.07, 6.45) is 1.31. The molecule has 9 heteroatoms. The Morgan fingerprint density at radius 3 is 2.57 bits per heavy atom. The average molecular weight is 421 g/mol. The molecule has 0 unspecified atom stereocenters. The molecule has 0 saturated heterocycles. The number of amides is 1. The van der Waals surface area contributed by atoms with Gasteiger partial charge in [0.15, 0.2) is 18.1 Å². The Balaban J connectivity index is 2.32. The maximum Gasteiger partial charge on any atom is 0.341 e. The van der Waals surface area contributed by atoms with Crippen LogP contribution in [0.3, 0.4) is 0 Å². The monoisotopic (exact) mass is 420 g/mol. The molecule has 0 spiro atoms. The summed E-state index contributed by atoms with van der Waals surface area (Å²) in [5.74, 6) is -1.63. The third-order valence-electron chi connectivity index (χ3n) is 3.39. The van der Waals surface area contributed by atoms with Crippen molar-refractivity contribution >= 4 is 46.8 Å². The van der Waals surface area contributed by atoms with Crippen molar-refractivity contribution in [2.45, 2.75) is 0 Å². The first-order valence-corrected chi connectivity index (χ1v) is 8.51. The van der Waals surface area contributed by atoms with Gasteiger partial charge in [0.05, 0.1) is 22.8 Å². The predicted octanol–water partition coefficient (Wildman–Crippen LogP) is 4.01. The number of carbonyl (C=O) groups excluding carboxylic acids is 1. The van der Waals surface area contributed by atoms with E-state index in [2.05, 4.69) is 5.32 Å². The van der Waals surface area contributed by atoms with Crippen LogP contribution in [0, 0.1) is 11.3 Å². The Hall–Kier alpha value is -3.21. The van der Waals surface area contributed by atoms with Gasteiger partial charge in [-0.15, -0.1) is 0 Å². The fourth-order valence-electron chi connectivity index (χ4n) is 2.16. The number of carboxylic acid groups (broad SMARTS) is 1. The van der Waals surface area contributed by atoms with Gasteiger partial charge in [0.2, 0.25) is 0 Å². The van der Waals surface area contributed by atoms with Gasteiger partial charge in [-0.3, -0.25) is 4.79 Å². The Kier molecular flexibility index (Phi) is 7.27. The molecule has 28 heavy (non-hydrogen) atoms. The van der Waals surface area contributed by atoms with Crippen LogP contribution >= 0.6 is 23.2 Å². The molecule has 0 bridgehead atoms. The van der Waals surface area contributed by atoms with Crippen LogP contribution in [-0.4, -0.2) is 30.7 Å². The molecular formula is C19H14Cl2N2O5. The number of halogens is 2. The van der Waals surface area contributed by atoms with Crippen LogP contribution in [0.1, 0.15) is 5.56 Å². The molecule has 0 fully saturated rings. The molecule has 2 rings (SSSR count). The number of aliphatic carboxylic acids is 1. The van der Waals surface area contributed by atoms with Crippen molar-refractivity contribution in [2.24, 2.45) is 0 Å². The highest BCUT2D eigenvalue weighted by Crippen LogP contribution is 2.37. The number of hydrogen-bond acceptors (Lipinski definition) is 5. The van der Waals surface area contributed by atoms with E-state index in [0.29, 0.717) is 16.3 Å². The van der Waals surface area contributed by atoms with Gasteiger partial charge in [-0.25, -0.2) is 4.79 Å². The SMILES string of the molecule is COc1cc(/C=C(\C#N)C(=O)Nc2ccccc2Cl)cc(Cl)c1OCC(=O)O. The van der Waals surface area contributed by atoms with Crippen molar-refractivity contribution in [1.82, 2.24) is 0 Å². The molecule has 2 aromatic rings.